The minimum atomic E-state index is -0.613. The number of unbranched alkanes of at least 4 members (excludes halogenated alkanes) is 2. The maximum Gasteiger partial charge on any atom is 0.308 e. The Labute approximate surface area is 280 Å². The molecule has 0 fully saturated rings. The molecule has 0 saturated heterocycles. The van der Waals surface area contributed by atoms with Gasteiger partial charge in [-0.25, -0.2) is 0 Å². The predicted octanol–water partition coefficient (Wildman–Crippen LogP) is 5.30. The van der Waals surface area contributed by atoms with Crippen LogP contribution in [-0.2, 0) is 19.1 Å². The molecule has 2 aliphatic rings. The Morgan fingerprint density at radius 2 is 1.85 bits per heavy atom. The molecule has 0 spiro atoms. The van der Waals surface area contributed by atoms with Crippen LogP contribution in [0.25, 0.3) is 5.00 Å². The van der Waals surface area contributed by atoms with Gasteiger partial charge in [-0.05, 0) is 72.1 Å². The van der Waals surface area contributed by atoms with E-state index in [1.54, 1.807) is 17.4 Å². The molecule has 2 amide bonds. The van der Waals surface area contributed by atoms with Crippen LogP contribution in [0.15, 0.2) is 41.4 Å². The van der Waals surface area contributed by atoms with Crippen LogP contribution >= 0.6 is 11.3 Å². The van der Waals surface area contributed by atoms with E-state index in [1.165, 1.54) is 4.88 Å². The van der Waals surface area contributed by atoms with Crippen LogP contribution in [-0.4, -0.2) is 68.4 Å². The van der Waals surface area contributed by atoms with Crippen LogP contribution in [0.5, 0.6) is 0 Å². The number of hydrogen-bond donors (Lipinski definition) is 1. The van der Waals surface area contributed by atoms with Crippen molar-refractivity contribution in [1.29, 1.82) is 0 Å². The normalized spacial score (nSPS) is 15.4. The number of amides is 2. The Morgan fingerprint density at radius 3 is 2.55 bits per heavy atom. The monoisotopic (exact) mass is 654 g/mol. The van der Waals surface area contributed by atoms with Gasteiger partial charge in [-0.2, -0.15) is 0 Å². The molecule has 0 bridgehead atoms. The van der Waals surface area contributed by atoms with Crippen molar-refractivity contribution in [3.8, 4) is 16.8 Å². The number of thiophene rings is 1. The van der Waals surface area contributed by atoms with Gasteiger partial charge in [0.2, 0.25) is 11.8 Å². The smallest absolute Gasteiger partial charge is 0.308 e. The highest BCUT2D eigenvalue weighted by molar-refractivity contribution is 7.15. The molecule has 1 N–H and O–H groups in total. The third-order valence-electron chi connectivity index (χ3n) is 8.01. The van der Waals surface area contributed by atoms with Gasteiger partial charge in [-0.1, -0.05) is 36.5 Å². The molecule has 2 aromatic heterocycles. The van der Waals surface area contributed by atoms with E-state index in [1.807, 2.05) is 67.5 Å². The lowest BCUT2D eigenvalue weighted by Gasteiger charge is -2.21. The zero-order valence-corrected chi connectivity index (χ0v) is 28.8. The summed E-state index contributed by atoms with van der Waals surface area (Å²) in [5.41, 5.74) is 4.03. The first kappa shape index (κ1) is 33.8. The molecule has 11 heteroatoms. The number of esters is 1. The van der Waals surface area contributed by atoms with E-state index >= 15 is 0 Å². The summed E-state index contributed by atoms with van der Waals surface area (Å²) in [5, 5.41) is 12.7. The van der Waals surface area contributed by atoms with Crippen molar-refractivity contribution in [3.63, 3.8) is 0 Å². The second-order valence-electron chi connectivity index (χ2n) is 12.8. The molecular weight excluding hydrogens is 613 g/mol. The highest BCUT2D eigenvalue weighted by Crippen LogP contribution is 2.39. The first-order valence-corrected chi connectivity index (χ1v) is 16.9. The molecule has 2 aliphatic heterocycles. The lowest BCUT2D eigenvalue weighted by atomic mass is 9.98. The lowest BCUT2D eigenvalue weighted by Crippen LogP contribution is -2.26. The number of ether oxygens (including phenoxy) is 1. The Hall–Kier alpha value is -4.56. The molecule has 1 aromatic carbocycles. The van der Waals surface area contributed by atoms with Crippen LogP contribution in [0.4, 0.5) is 0 Å². The van der Waals surface area contributed by atoms with Gasteiger partial charge < -0.3 is 15.0 Å². The number of aryl methyl sites for hydroxylation is 2. The number of rotatable bonds is 10. The molecule has 10 nitrogen and oxygen atoms in total. The largest absolute Gasteiger partial charge is 0.460 e. The third kappa shape index (κ3) is 8.24. The summed E-state index contributed by atoms with van der Waals surface area (Å²) in [7, 11) is 0. The molecular formula is C36H42N6O4S. The van der Waals surface area contributed by atoms with Crippen LogP contribution in [0.3, 0.4) is 0 Å². The molecule has 0 radical (unpaired) electrons. The van der Waals surface area contributed by atoms with Gasteiger partial charge in [0.1, 0.15) is 22.5 Å². The molecule has 5 rings (SSSR count). The summed E-state index contributed by atoms with van der Waals surface area (Å²) in [4.78, 5) is 45.0. The first-order valence-electron chi connectivity index (χ1n) is 16.0. The summed E-state index contributed by atoms with van der Waals surface area (Å²) in [6.07, 6.45) is 6.53. The fourth-order valence-corrected chi connectivity index (χ4v) is 6.81. The zero-order valence-electron chi connectivity index (χ0n) is 28.0. The number of nitrogens with zero attached hydrogens (tertiary/aromatic N) is 5. The number of nitrogens with one attached hydrogen (secondary N) is 1. The molecule has 3 aromatic rings. The maximum atomic E-state index is 13.0. The first-order chi connectivity index (χ1) is 22.4. The van der Waals surface area contributed by atoms with Crippen LogP contribution in [0.1, 0.15) is 97.7 Å². The Balaban J connectivity index is 1.25. The highest BCUT2D eigenvalue weighted by atomic mass is 32.1. The quantitative estimate of drug-likeness (QED) is 0.180. The van der Waals surface area contributed by atoms with Gasteiger partial charge in [-0.15, -0.1) is 21.5 Å². The number of fused-ring (bicyclic) bond motifs is 3. The fourth-order valence-electron chi connectivity index (χ4n) is 5.60. The average Bonchev–Trinajstić information content (AvgIpc) is 3.66. The summed E-state index contributed by atoms with van der Waals surface area (Å²) in [6, 6.07) is 7.30. The van der Waals surface area contributed by atoms with Crippen molar-refractivity contribution in [3.05, 3.63) is 75.2 Å². The van der Waals surface area contributed by atoms with E-state index in [9.17, 15) is 14.4 Å². The highest BCUT2D eigenvalue weighted by Gasteiger charge is 2.33. The van der Waals surface area contributed by atoms with Gasteiger partial charge in [0.15, 0.2) is 5.82 Å². The summed E-state index contributed by atoms with van der Waals surface area (Å²) >= 11 is 1.66. The Morgan fingerprint density at radius 1 is 1.09 bits per heavy atom. The number of carbonyl (C=O) groups is 3. The molecule has 246 valence electrons. The number of carbonyl (C=O) groups excluding carboxylic acids is 3. The van der Waals surface area contributed by atoms with Crippen molar-refractivity contribution < 1.29 is 19.1 Å². The third-order valence-corrected chi connectivity index (χ3v) is 9.21. The molecule has 47 heavy (non-hydrogen) atoms. The van der Waals surface area contributed by atoms with Crippen molar-refractivity contribution in [1.82, 2.24) is 25.0 Å². The Kier molecular flexibility index (Phi) is 10.4. The molecule has 0 aliphatic carbocycles. The molecule has 0 unspecified atom stereocenters. The lowest BCUT2D eigenvalue weighted by molar-refractivity contribution is -0.155. The molecule has 1 atom stereocenters. The Bertz CT molecular complexity index is 1780. The minimum absolute atomic E-state index is 0.0245. The zero-order chi connectivity index (χ0) is 33.7. The van der Waals surface area contributed by atoms with Crippen molar-refractivity contribution >= 4 is 34.8 Å². The number of aliphatic imine (C=N–C) groups is 1. The van der Waals surface area contributed by atoms with E-state index in [2.05, 4.69) is 41.2 Å². The van der Waals surface area contributed by atoms with Gasteiger partial charge >= 0.3 is 5.97 Å². The average molecular weight is 655 g/mol. The number of benzene rings is 1. The van der Waals surface area contributed by atoms with Crippen molar-refractivity contribution in [2.75, 3.05) is 19.6 Å². The van der Waals surface area contributed by atoms with E-state index in [0.717, 1.165) is 64.6 Å². The summed E-state index contributed by atoms with van der Waals surface area (Å²) < 4.78 is 7.68. The number of aromatic nitrogens is 3. The van der Waals surface area contributed by atoms with Crippen LogP contribution in [0.2, 0.25) is 0 Å². The van der Waals surface area contributed by atoms with Gasteiger partial charge in [0, 0.05) is 47.2 Å². The predicted molar refractivity (Wildman–Crippen MR) is 183 cm³/mol. The van der Waals surface area contributed by atoms with Crippen molar-refractivity contribution in [2.45, 2.75) is 85.3 Å². The SMILES string of the molecule is Cc1sc2c(c1C)C(c1ccc(C#CCNC(=O)CCCCCN3CC=CC3=O)cc1)=N[C@@H](CC(=O)OC(C)(C)C)c1nnc(C)n1-2. The topological polar surface area (TPSA) is 119 Å². The van der Waals surface area contributed by atoms with Gasteiger partial charge in [0.25, 0.3) is 0 Å². The van der Waals surface area contributed by atoms with Crippen LogP contribution < -0.4 is 5.32 Å². The van der Waals surface area contributed by atoms with E-state index < -0.39 is 11.6 Å². The maximum absolute atomic E-state index is 13.0. The minimum Gasteiger partial charge on any atom is -0.460 e. The summed E-state index contributed by atoms with van der Waals surface area (Å²) in [6.45, 7) is 13.3. The fraction of sp³-hybridized carbons (Fsp3) is 0.444. The van der Waals surface area contributed by atoms with E-state index in [-0.39, 0.29) is 30.7 Å². The molecule has 0 saturated carbocycles. The van der Waals surface area contributed by atoms with Crippen LogP contribution in [0, 0.1) is 32.6 Å². The van der Waals surface area contributed by atoms with E-state index in [0.29, 0.717) is 18.8 Å². The second kappa shape index (κ2) is 14.5. The van der Waals surface area contributed by atoms with Gasteiger partial charge in [0.05, 0.1) is 18.7 Å². The van der Waals surface area contributed by atoms with Gasteiger partial charge in [-0.3, -0.25) is 23.9 Å². The standard InChI is InChI=1S/C36H42N6O4S/c1-23-24(2)47-35-32(23)33(38-28(22-31(45)46-36(4,5)6)34-40-39-25(3)42(34)35)27-17-15-26(16-18-27)12-10-19-37-29(43)13-8-7-9-20-41-21-11-14-30(41)44/h11,14-18,28H,7-9,13,19-22H2,1-6H3,(H,37,43)/t28-/m0/s1. The second-order valence-corrected chi connectivity index (χ2v) is 14.0. The number of hydrogen-bond acceptors (Lipinski definition) is 8. The van der Waals surface area contributed by atoms with Crippen molar-refractivity contribution in [2.24, 2.45) is 4.99 Å². The summed E-state index contributed by atoms with van der Waals surface area (Å²) in [5.74, 6) is 7.23. The molecule has 4 heterocycles. The van der Waals surface area contributed by atoms with E-state index in [4.69, 9.17) is 9.73 Å².